The van der Waals surface area contributed by atoms with Gasteiger partial charge in [0.05, 0.1) is 6.42 Å². The highest BCUT2D eigenvalue weighted by Crippen LogP contribution is 2.40. The third-order valence-corrected chi connectivity index (χ3v) is 4.01. The number of nitrogens with one attached hydrogen (secondary N) is 1. The predicted molar refractivity (Wildman–Crippen MR) is 88.8 cm³/mol. The summed E-state index contributed by atoms with van der Waals surface area (Å²) in [7, 11) is 0. The molecule has 0 radical (unpaired) electrons. The smallest absolute Gasteiger partial charge is 0.314 e. The first-order valence-electron chi connectivity index (χ1n) is 6.34. The first kappa shape index (κ1) is 22.1. The number of rotatable bonds is 3. The fourth-order valence-electron chi connectivity index (χ4n) is 2.46. The molecule has 1 saturated heterocycles. The van der Waals surface area contributed by atoms with Crippen molar-refractivity contribution >= 4 is 48.0 Å². The van der Waals surface area contributed by atoms with Crippen molar-refractivity contribution in [1.29, 1.82) is 0 Å². The third kappa shape index (κ3) is 5.95. The maximum Gasteiger partial charge on any atom is 0.390 e. The van der Waals surface area contributed by atoms with E-state index in [2.05, 4.69) is 5.32 Å². The van der Waals surface area contributed by atoms with Crippen LogP contribution in [0.25, 0.3) is 0 Å². The Hall–Kier alpha value is 0.0900. The second kappa shape index (κ2) is 9.40. The lowest BCUT2D eigenvalue weighted by Gasteiger charge is -2.36. The summed E-state index contributed by atoms with van der Waals surface area (Å²) in [5, 5.41) is 3.69. The van der Waals surface area contributed by atoms with Gasteiger partial charge in [-0.3, -0.25) is 4.90 Å². The molecular weight excluding hydrogens is 383 g/mol. The largest absolute Gasteiger partial charge is 0.390 e. The van der Waals surface area contributed by atoms with Gasteiger partial charge in [0.1, 0.15) is 0 Å². The van der Waals surface area contributed by atoms with Gasteiger partial charge in [-0.05, 0) is 12.1 Å². The molecular formula is C13H17Cl4F3N2. The van der Waals surface area contributed by atoms with Crippen LogP contribution < -0.4 is 5.32 Å². The van der Waals surface area contributed by atoms with Crippen molar-refractivity contribution in [2.24, 2.45) is 0 Å². The van der Waals surface area contributed by atoms with Gasteiger partial charge >= 0.3 is 6.18 Å². The number of piperazine rings is 1. The molecule has 0 saturated carbocycles. The molecule has 2 rings (SSSR count). The zero-order valence-electron chi connectivity index (χ0n) is 11.5. The SMILES string of the molecule is Cl.Cl.FC(F)(F)C[C@@H](c1c(Cl)cccc1Cl)N1CCNCC1. The summed E-state index contributed by atoms with van der Waals surface area (Å²) in [6.45, 7) is 2.41. The number of hydrogen-bond acceptors (Lipinski definition) is 2. The van der Waals surface area contributed by atoms with Gasteiger partial charge in [-0.2, -0.15) is 13.2 Å². The van der Waals surface area contributed by atoms with Crippen molar-refractivity contribution in [3.63, 3.8) is 0 Å². The Kier molecular flexibility index (Phi) is 9.44. The van der Waals surface area contributed by atoms with E-state index in [0.29, 0.717) is 31.7 Å². The minimum absolute atomic E-state index is 0. The van der Waals surface area contributed by atoms with Crippen molar-refractivity contribution in [1.82, 2.24) is 10.2 Å². The van der Waals surface area contributed by atoms with Crippen molar-refractivity contribution in [2.75, 3.05) is 26.2 Å². The van der Waals surface area contributed by atoms with Crippen LogP contribution in [0.4, 0.5) is 13.2 Å². The summed E-state index contributed by atoms with van der Waals surface area (Å²) >= 11 is 12.2. The standard InChI is InChI=1S/C13H15Cl2F3N2.2ClH/c14-9-2-1-3-10(15)12(9)11(8-13(16,17)18)20-6-4-19-5-7-20;;/h1-3,11,19H,4-8H2;2*1H/t11-;;/m0../s1. The monoisotopic (exact) mass is 398 g/mol. The zero-order valence-corrected chi connectivity index (χ0v) is 14.6. The molecule has 1 heterocycles. The summed E-state index contributed by atoms with van der Waals surface area (Å²) in [4.78, 5) is 1.79. The van der Waals surface area contributed by atoms with Gasteiger partial charge in [-0.15, -0.1) is 24.8 Å². The molecule has 1 aliphatic rings. The van der Waals surface area contributed by atoms with Crippen LogP contribution in [0.15, 0.2) is 18.2 Å². The molecule has 2 nitrogen and oxygen atoms in total. The molecule has 0 unspecified atom stereocenters. The normalized spacial score (nSPS) is 17.3. The third-order valence-electron chi connectivity index (χ3n) is 3.35. The number of halogens is 7. The Morgan fingerprint density at radius 3 is 2.05 bits per heavy atom. The van der Waals surface area contributed by atoms with Crippen LogP contribution in [0.1, 0.15) is 18.0 Å². The molecule has 1 aromatic rings. The van der Waals surface area contributed by atoms with Gasteiger partial charge in [-0.25, -0.2) is 0 Å². The van der Waals surface area contributed by atoms with Crippen molar-refractivity contribution in [3.05, 3.63) is 33.8 Å². The molecule has 1 atom stereocenters. The molecule has 0 aromatic heterocycles. The molecule has 22 heavy (non-hydrogen) atoms. The Labute approximate surface area is 150 Å². The maximum absolute atomic E-state index is 12.9. The highest BCUT2D eigenvalue weighted by molar-refractivity contribution is 6.36. The first-order valence-corrected chi connectivity index (χ1v) is 7.09. The van der Waals surface area contributed by atoms with Gasteiger partial charge < -0.3 is 5.32 Å². The zero-order chi connectivity index (χ0) is 14.8. The van der Waals surface area contributed by atoms with E-state index in [1.165, 1.54) is 0 Å². The molecule has 128 valence electrons. The van der Waals surface area contributed by atoms with Gasteiger partial charge in [0.2, 0.25) is 0 Å². The number of benzene rings is 1. The van der Waals surface area contributed by atoms with Crippen LogP contribution in [0.2, 0.25) is 10.0 Å². The van der Waals surface area contributed by atoms with Crippen LogP contribution in [0.5, 0.6) is 0 Å². The van der Waals surface area contributed by atoms with E-state index in [1.807, 2.05) is 0 Å². The van der Waals surface area contributed by atoms with Crippen LogP contribution in [0.3, 0.4) is 0 Å². The van der Waals surface area contributed by atoms with E-state index in [0.717, 1.165) is 0 Å². The molecule has 0 spiro atoms. The van der Waals surface area contributed by atoms with Crippen molar-refractivity contribution < 1.29 is 13.2 Å². The van der Waals surface area contributed by atoms with Crippen LogP contribution in [-0.2, 0) is 0 Å². The topological polar surface area (TPSA) is 15.3 Å². The number of hydrogen-bond donors (Lipinski definition) is 1. The van der Waals surface area contributed by atoms with Gasteiger partial charge in [0.25, 0.3) is 0 Å². The van der Waals surface area contributed by atoms with Gasteiger partial charge in [-0.1, -0.05) is 29.3 Å². The Bertz CT molecular complexity index is 445. The molecule has 1 N–H and O–H groups in total. The lowest BCUT2D eigenvalue weighted by atomic mass is 10.0. The molecule has 1 aliphatic heterocycles. The molecule has 0 amide bonds. The van der Waals surface area contributed by atoms with E-state index in [9.17, 15) is 13.2 Å². The number of alkyl halides is 3. The highest BCUT2D eigenvalue weighted by Gasteiger charge is 2.37. The Balaban J connectivity index is 0.00000220. The van der Waals surface area contributed by atoms with Crippen LogP contribution >= 0.6 is 48.0 Å². The molecule has 0 bridgehead atoms. The first-order chi connectivity index (χ1) is 9.38. The van der Waals surface area contributed by atoms with E-state index >= 15 is 0 Å². The van der Waals surface area contributed by atoms with Crippen LogP contribution in [0, 0.1) is 0 Å². The summed E-state index contributed by atoms with van der Waals surface area (Å²) in [6, 6.07) is 3.96. The Morgan fingerprint density at radius 2 is 1.59 bits per heavy atom. The minimum Gasteiger partial charge on any atom is -0.314 e. The van der Waals surface area contributed by atoms with E-state index in [1.54, 1.807) is 23.1 Å². The van der Waals surface area contributed by atoms with Gasteiger partial charge in [0.15, 0.2) is 0 Å². The van der Waals surface area contributed by atoms with E-state index in [4.69, 9.17) is 23.2 Å². The second-order valence-electron chi connectivity index (χ2n) is 4.76. The van der Waals surface area contributed by atoms with E-state index in [-0.39, 0.29) is 34.9 Å². The highest BCUT2D eigenvalue weighted by atomic mass is 35.5. The fourth-order valence-corrected chi connectivity index (χ4v) is 3.11. The lowest BCUT2D eigenvalue weighted by molar-refractivity contribution is -0.148. The summed E-state index contributed by atoms with van der Waals surface area (Å²) in [5.41, 5.74) is 0.370. The van der Waals surface area contributed by atoms with Gasteiger partial charge in [0, 0.05) is 47.8 Å². The quantitative estimate of drug-likeness (QED) is 0.789. The molecule has 0 aliphatic carbocycles. The van der Waals surface area contributed by atoms with Crippen molar-refractivity contribution in [3.8, 4) is 0 Å². The summed E-state index contributed by atoms with van der Waals surface area (Å²) < 4.78 is 38.6. The second-order valence-corrected chi connectivity index (χ2v) is 5.57. The lowest BCUT2D eigenvalue weighted by Crippen LogP contribution is -2.46. The molecule has 1 fully saturated rings. The van der Waals surface area contributed by atoms with E-state index < -0.39 is 18.6 Å². The maximum atomic E-state index is 12.9. The average Bonchev–Trinajstić information content (AvgIpc) is 2.37. The van der Waals surface area contributed by atoms with Crippen molar-refractivity contribution in [2.45, 2.75) is 18.6 Å². The minimum atomic E-state index is -4.27. The summed E-state index contributed by atoms with van der Waals surface area (Å²) in [6.07, 6.45) is -5.21. The van der Waals surface area contributed by atoms with Crippen LogP contribution in [-0.4, -0.2) is 37.3 Å². The molecule has 1 aromatic carbocycles. The fraction of sp³-hybridized carbons (Fsp3) is 0.538. The summed E-state index contributed by atoms with van der Waals surface area (Å²) in [5.74, 6) is 0. The predicted octanol–water partition coefficient (Wildman–Crippen LogP) is 4.74. The molecule has 9 heteroatoms. The Morgan fingerprint density at radius 1 is 1.09 bits per heavy atom. The average molecular weight is 400 g/mol. The number of nitrogens with zero attached hydrogens (tertiary/aromatic N) is 1.